The highest BCUT2D eigenvalue weighted by Crippen LogP contribution is 2.20. The van der Waals surface area contributed by atoms with Gasteiger partial charge in [0.1, 0.15) is 5.15 Å². The number of nitrogens with zero attached hydrogens (tertiary/aromatic N) is 1. The summed E-state index contributed by atoms with van der Waals surface area (Å²) in [5.74, 6) is -0.417. The maximum absolute atomic E-state index is 11.0. The van der Waals surface area contributed by atoms with E-state index in [0.29, 0.717) is 22.3 Å². The molecule has 1 heterocycles. The predicted octanol–water partition coefficient (Wildman–Crippen LogP) is 3.03. The van der Waals surface area contributed by atoms with Crippen LogP contribution in [0.1, 0.15) is 11.1 Å². The monoisotopic (exact) mass is 309 g/mol. The second-order valence-corrected chi connectivity index (χ2v) is 5.11. The number of anilines is 1. The summed E-state index contributed by atoms with van der Waals surface area (Å²) in [4.78, 5) is 15.0. The molecule has 0 aliphatic heterocycles. The molecule has 104 valence electrons. The van der Waals surface area contributed by atoms with Gasteiger partial charge in [-0.25, -0.2) is 4.98 Å². The third-order valence-corrected chi connectivity index (χ3v) is 3.13. The number of benzene rings is 1. The first kappa shape index (κ1) is 14.6. The van der Waals surface area contributed by atoms with E-state index in [1.54, 1.807) is 12.3 Å². The molecule has 0 spiro atoms. The van der Waals surface area contributed by atoms with Crippen molar-refractivity contribution in [1.82, 2.24) is 4.98 Å². The Morgan fingerprint density at radius 1 is 1.30 bits per heavy atom. The highest BCUT2D eigenvalue weighted by molar-refractivity contribution is 6.30. The number of primary amides is 1. The number of nitrogens with two attached hydrogens (primary N) is 1. The Balaban J connectivity index is 2.15. The van der Waals surface area contributed by atoms with Crippen LogP contribution in [0.4, 0.5) is 5.69 Å². The van der Waals surface area contributed by atoms with Crippen molar-refractivity contribution in [3.05, 3.63) is 57.8 Å². The highest BCUT2D eigenvalue weighted by Gasteiger charge is 2.07. The Labute approximate surface area is 126 Å². The lowest BCUT2D eigenvalue weighted by Gasteiger charge is -2.11. The van der Waals surface area contributed by atoms with Crippen LogP contribution in [0, 0.1) is 0 Å². The SMILES string of the molecule is NC(=O)Cc1cnc(Cl)cc1NCc1cccc(Cl)c1. The second kappa shape index (κ2) is 6.59. The summed E-state index contributed by atoms with van der Waals surface area (Å²) in [5.41, 5.74) is 7.69. The van der Waals surface area contributed by atoms with Gasteiger partial charge in [0.25, 0.3) is 0 Å². The lowest BCUT2D eigenvalue weighted by Crippen LogP contribution is -2.15. The van der Waals surface area contributed by atoms with E-state index in [0.717, 1.165) is 11.3 Å². The Morgan fingerprint density at radius 3 is 2.80 bits per heavy atom. The van der Waals surface area contributed by atoms with Gasteiger partial charge in [-0.1, -0.05) is 35.3 Å². The molecule has 1 aromatic carbocycles. The van der Waals surface area contributed by atoms with Gasteiger partial charge in [0.05, 0.1) is 6.42 Å². The van der Waals surface area contributed by atoms with Crippen LogP contribution < -0.4 is 11.1 Å². The number of hydrogen-bond donors (Lipinski definition) is 2. The second-order valence-electron chi connectivity index (χ2n) is 4.29. The van der Waals surface area contributed by atoms with Crippen molar-refractivity contribution < 1.29 is 4.79 Å². The molecule has 0 bridgehead atoms. The molecule has 0 saturated heterocycles. The van der Waals surface area contributed by atoms with Crippen LogP contribution in [0.5, 0.6) is 0 Å². The molecule has 1 amide bonds. The van der Waals surface area contributed by atoms with E-state index >= 15 is 0 Å². The van der Waals surface area contributed by atoms with Gasteiger partial charge in [-0.05, 0) is 23.8 Å². The first-order chi connectivity index (χ1) is 9.54. The fourth-order valence-electron chi connectivity index (χ4n) is 1.80. The van der Waals surface area contributed by atoms with Crippen LogP contribution in [-0.2, 0) is 17.8 Å². The maximum atomic E-state index is 11.0. The number of rotatable bonds is 5. The third kappa shape index (κ3) is 4.11. The molecule has 3 N–H and O–H groups in total. The Hall–Kier alpha value is -1.78. The highest BCUT2D eigenvalue weighted by atomic mass is 35.5. The van der Waals surface area contributed by atoms with E-state index in [2.05, 4.69) is 10.3 Å². The summed E-state index contributed by atoms with van der Waals surface area (Å²) in [5, 5.41) is 4.24. The number of pyridine rings is 1. The van der Waals surface area contributed by atoms with Crippen molar-refractivity contribution >= 4 is 34.8 Å². The Bertz CT molecular complexity index is 632. The summed E-state index contributed by atoms with van der Waals surface area (Å²) in [6, 6.07) is 9.18. The van der Waals surface area contributed by atoms with Gasteiger partial charge in [0, 0.05) is 29.0 Å². The molecule has 0 unspecified atom stereocenters. The molecular weight excluding hydrogens is 297 g/mol. The smallest absolute Gasteiger partial charge is 0.221 e. The molecule has 2 rings (SSSR count). The summed E-state index contributed by atoms with van der Waals surface area (Å²) in [6.07, 6.45) is 1.66. The minimum atomic E-state index is -0.417. The molecule has 0 atom stereocenters. The molecule has 0 saturated carbocycles. The zero-order valence-electron chi connectivity index (χ0n) is 10.6. The molecule has 6 heteroatoms. The van der Waals surface area contributed by atoms with Gasteiger partial charge in [-0.3, -0.25) is 4.79 Å². The molecule has 20 heavy (non-hydrogen) atoms. The third-order valence-electron chi connectivity index (χ3n) is 2.69. The fraction of sp³-hybridized carbons (Fsp3) is 0.143. The van der Waals surface area contributed by atoms with Crippen LogP contribution in [-0.4, -0.2) is 10.9 Å². The number of nitrogens with one attached hydrogen (secondary N) is 1. The number of halogens is 2. The van der Waals surface area contributed by atoms with Crippen LogP contribution in [0.3, 0.4) is 0 Å². The summed E-state index contributed by atoms with van der Waals surface area (Å²) < 4.78 is 0. The maximum Gasteiger partial charge on any atom is 0.221 e. The standard InChI is InChI=1S/C14H13Cl2N3O/c15-11-3-1-2-9(4-11)7-18-12-6-13(16)19-8-10(12)5-14(17)20/h1-4,6,8H,5,7H2,(H2,17,20)(H,18,19). The van der Waals surface area contributed by atoms with Crippen LogP contribution in [0.15, 0.2) is 36.5 Å². The van der Waals surface area contributed by atoms with Crippen molar-refractivity contribution in [1.29, 1.82) is 0 Å². The van der Waals surface area contributed by atoms with E-state index < -0.39 is 5.91 Å². The molecule has 0 aliphatic carbocycles. The van der Waals surface area contributed by atoms with Gasteiger partial charge in [-0.15, -0.1) is 0 Å². The first-order valence-corrected chi connectivity index (χ1v) is 6.71. The van der Waals surface area contributed by atoms with Crippen LogP contribution in [0.25, 0.3) is 0 Å². The van der Waals surface area contributed by atoms with Crippen molar-refractivity contribution in [2.75, 3.05) is 5.32 Å². The number of carbonyl (C=O) groups excluding carboxylic acids is 1. The summed E-state index contributed by atoms with van der Waals surface area (Å²) in [6.45, 7) is 0.562. The normalized spacial score (nSPS) is 10.3. The van der Waals surface area contributed by atoms with E-state index in [1.165, 1.54) is 0 Å². The largest absolute Gasteiger partial charge is 0.381 e. The van der Waals surface area contributed by atoms with E-state index in [9.17, 15) is 4.79 Å². The lowest BCUT2D eigenvalue weighted by molar-refractivity contribution is -0.117. The van der Waals surface area contributed by atoms with E-state index in [1.807, 2.05) is 24.3 Å². The molecule has 0 aliphatic rings. The van der Waals surface area contributed by atoms with Crippen molar-refractivity contribution in [3.63, 3.8) is 0 Å². The van der Waals surface area contributed by atoms with Gasteiger partial charge in [0.2, 0.25) is 5.91 Å². The number of amides is 1. The number of aromatic nitrogens is 1. The minimum Gasteiger partial charge on any atom is -0.381 e. The van der Waals surface area contributed by atoms with Crippen molar-refractivity contribution in [2.24, 2.45) is 5.73 Å². The average Bonchev–Trinajstić information content (AvgIpc) is 2.39. The zero-order valence-corrected chi connectivity index (χ0v) is 12.1. The first-order valence-electron chi connectivity index (χ1n) is 5.95. The molecule has 1 aromatic heterocycles. The molecule has 0 fully saturated rings. The van der Waals surface area contributed by atoms with Gasteiger partial charge < -0.3 is 11.1 Å². The molecular formula is C14H13Cl2N3O. The number of hydrogen-bond acceptors (Lipinski definition) is 3. The fourth-order valence-corrected chi connectivity index (χ4v) is 2.17. The summed E-state index contributed by atoms with van der Waals surface area (Å²) in [7, 11) is 0. The minimum absolute atomic E-state index is 0.113. The molecule has 0 radical (unpaired) electrons. The lowest BCUT2D eigenvalue weighted by atomic mass is 10.1. The van der Waals surface area contributed by atoms with Crippen LogP contribution >= 0.6 is 23.2 Å². The average molecular weight is 310 g/mol. The quantitative estimate of drug-likeness (QED) is 0.834. The van der Waals surface area contributed by atoms with E-state index in [-0.39, 0.29) is 6.42 Å². The van der Waals surface area contributed by atoms with E-state index in [4.69, 9.17) is 28.9 Å². The number of carbonyl (C=O) groups is 1. The van der Waals surface area contributed by atoms with Gasteiger partial charge in [0.15, 0.2) is 0 Å². The Kier molecular flexibility index (Phi) is 4.82. The zero-order chi connectivity index (χ0) is 14.5. The molecule has 2 aromatic rings. The van der Waals surface area contributed by atoms with Gasteiger partial charge in [-0.2, -0.15) is 0 Å². The topological polar surface area (TPSA) is 68.0 Å². The van der Waals surface area contributed by atoms with Crippen molar-refractivity contribution in [2.45, 2.75) is 13.0 Å². The molecule has 4 nitrogen and oxygen atoms in total. The van der Waals surface area contributed by atoms with Crippen LogP contribution in [0.2, 0.25) is 10.2 Å². The van der Waals surface area contributed by atoms with Gasteiger partial charge >= 0.3 is 0 Å². The van der Waals surface area contributed by atoms with Crippen molar-refractivity contribution in [3.8, 4) is 0 Å². The summed E-state index contributed by atoms with van der Waals surface area (Å²) >= 11 is 11.8. The predicted molar refractivity (Wildman–Crippen MR) is 80.9 cm³/mol. The Morgan fingerprint density at radius 2 is 2.10 bits per heavy atom.